The lowest BCUT2D eigenvalue weighted by molar-refractivity contribution is -0.144. The maximum Gasteiger partial charge on any atom is 0.308 e. The van der Waals surface area contributed by atoms with E-state index in [1.807, 2.05) is 13.8 Å². The fraction of sp³-hybridized carbons (Fsp3) is 0.433. The molecule has 2 atom stereocenters. The molecule has 0 aliphatic rings. The lowest BCUT2D eigenvalue weighted by Crippen LogP contribution is -2.48. The largest absolute Gasteiger partial charge is 0.466 e. The Labute approximate surface area is 224 Å². The molecule has 38 heavy (non-hydrogen) atoms. The molecular weight excluding hydrogens is 490 g/mol. The molecule has 1 N–H and O–H groups in total. The highest BCUT2D eigenvalue weighted by Crippen LogP contribution is 2.34. The van der Waals surface area contributed by atoms with Crippen molar-refractivity contribution in [2.45, 2.75) is 73.4 Å². The van der Waals surface area contributed by atoms with E-state index < -0.39 is 29.8 Å². The van der Waals surface area contributed by atoms with Crippen LogP contribution in [0, 0.1) is 38.3 Å². The molecule has 0 aromatic heterocycles. The minimum Gasteiger partial charge on any atom is -0.466 e. The van der Waals surface area contributed by atoms with E-state index in [0.29, 0.717) is 28.7 Å². The number of hydrogen-bond acceptors (Lipinski definition) is 4. The SMILES string of the molecule is C=CN(C(C)=O)C(CC(C)C)C(=O)N[C@@H](CC(=O)OCC)c1cc(-c2c(C)cc(F)cc2C)cc(C)c1F. The predicted molar refractivity (Wildman–Crippen MR) is 144 cm³/mol. The van der Waals surface area contributed by atoms with E-state index in [1.165, 1.54) is 30.2 Å². The van der Waals surface area contributed by atoms with Crippen LogP contribution in [0.4, 0.5) is 8.78 Å². The van der Waals surface area contributed by atoms with Crippen LogP contribution >= 0.6 is 0 Å². The number of esters is 1. The Balaban J connectivity index is 2.64. The maximum absolute atomic E-state index is 15.6. The van der Waals surface area contributed by atoms with Gasteiger partial charge in [-0.2, -0.15) is 0 Å². The Hall–Kier alpha value is -3.55. The molecule has 0 saturated carbocycles. The summed E-state index contributed by atoms with van der Waals surface area (Å²) in [4.78, 5) is 39.5. The molecule has 0 spiro atoms. The van der Waals surface area contributed by atoms with E-state index in [2.05, 4.69) is 11.9 Å². The molecule has 2 rings (SSSR count). The van der Waals surface area contributed by atoms with Gasteiger partial charge in [0, 0.05) is 18.7 Å². The standard InChI is InChI=1S/C30H38F2N2O4/c1-9-34(21(8)35)26(11-17(3)4)30(37)33-25(16-27(36)38-10-2)24-15-22(12-20(7)29(24)32)28-18(5)13-23(31)14-19(28)6/h9,12-15,17,25-26H,1,10-11,16H2,2-8H3,(H,33,37)/t25-,26?/m0/s1. The van der Waals surface area contributed by atoms with Gasteiger partial charge in [-0.05, 0) is 92.1 Å². The molecule has 0 aliphatic heterocycles. The van der Waals surface area contributed by atoms with E-state index >= 15 is 4.39 Å². The Kier molecular flexibility index (Phi) is 10.7. The molecule has 2 aromatic rings. The monoisotopic (exact) mass is 528 g/mol. The van der Waals surface area contributed by atoms with Gasteiger partial charge in [0.1, 0.15) is 17.7 Å². The van der Waals surface area contributed by atoms with Crippen molar-refractivity contribution in [1.82, 2.24) is 10.2 Å². The van der Waals surface area contributed by atoms with Crippen molar-refractivity contribution in [3.05, 3.63) is 70.9 Å². The third-order valence-corrected chi connectivity index (χ3v) is 6.33. The van der Waals surface area contributed by atoms with Crippen LogP contribution in [0.3, 0.4) is 0 Å². The number of carbonyl (C=O) groups excluding carboxylic acids is 3. The normalized spacial score (nSPS) is 12.6. The molecule has 0 radical (unpaired) electrons. The number of benzene rings is 2. The van der Waals surface area contributed by atoms with Crippen molar-refractivity contribution in [3.8, 4) is 11.1 Å². The van der Waals surface area contributed by atoms with Gasteiger partial charge in [0.05, 0.1) is 19.1 Å². The molecular formula is C30H38F2N2O4. The summed E-state index contributed by atoms with van der Waals surface area (Å²) in [5.74, 6) is -2.41. The molecule has 0 fully saturated rings. The van der Waals surface area contributed by atoms with Crippen LogP contribution in [0.1, 0.15) is 68.8 Å². The summed E-state index contributed by atoms with van der Waals surface area (Å²) in [5.41, 5.74) is 3.12. The summed E-state index contributed by atoms with van der Waals surface area (Å²) in [6, 6.07) is 4.07. The average molecular weight is 529 g/mol. The van der Waals surface area contributed by atoms with Gasteiger partial charge in [0.25, 0.3) is 0 Å². The molecule has 0 aliphatic carbocycles. The zero-order chi connectivity index (χ0) is 28.7. The van der Waals surface area contributed by atoms with Gasteiger partial charge >= 0.3 is 5.97 Å². The lowest BCUT2D eigenvalue weighted by Gasteiger charge is -2.30. The number of hydrogen-bond donors (Lipinski definition) is 1. The number of amides is 2. The van der Waals surface area contributed by atoms with Gasteiger partial charge in [0.2, 0.25) is 11.8 Å². The van der Waals surface area contributed by atoms with Gasteiger partial charge in [-0.1, -0.05) is 20.4 Å². The number of aryl methyl sites for hydroxylation is 3. The second-order valence-corrected chi connectivity index (χ2v) is 9.94. The minimum absolute atomic E-state index is 0.0581. The van der Waals surface area contributed by atoms with E-state index in [4.69, 9.17) is 4.74 Å². The molecule has 1 unspecified atom stereocenters. The van der Waals surface area contributed by atoms with Crippen molar-refractivity contribution in [1.29, 1.82) is 0 Å². The van der Waals surface area contributed by atoms with Crippen molar-refractivity contribution in [2.75, 3.05) is 6.61 Å². The lowest BCUT2D eigenvalue weighted by atomic mass is 9.90. The fourth-order valence-corrected chi connectivity index (χ4v) is 4.72. The molecule has 8 heteroatoms. The molecule has 0 heterocycles. The molecule has 6 nitrogen and oxygen atoms in total. The number of ether oxygens (including phenoxy) is 1. The smallest absolute Gasteiger partial charge is 0.308 e. The third kappa shape index (κ3) is 7.49. The van der Waals surface area contributed by atoms with Crippen molar-refractivity contribution >= 4 is 17.8 Å². The van der Waals surface area contributed by atoms with Gasteiger partial charge in [-0.25, -0.2) is 8.78 Å². The topological polar surface area (TPSA) is 75.7 Å². The number of halogens is 2. The van der Waals surface area contributed by atoms with Crippen LogP contribution in [-0.2, 0) is 19.1 Å². The highest BCUT2D eigenvalue weighted by Gasteiger charge is 2.31. The summed E-state index contributed by atoms with van der Waals surface area (Å²) < 4.78 is 34.7. The van der Waals surface area contributed by atoms with E-state index in [1.54, 1.807) is 39.8 Å². The first kappa shape index (κ1) is 30.7. The summed E-state index contributed by atoms with van der Waals surface area (Å²) in [5, 5.41) is 2.80. The second-order valence-electron chi connectivity index (χ2n) is 9.94. The van der Waals surface area contributed by atoms with Gasteiger partial charge in [-0.3, -0.25) is 14.4 Å². The fourth-order valence-electron chi connectivity index (χ4n) is 4.72. The molecule has 0 saturated heterocycles. The molecule has 206 valence electrons. The van der Waals surface area contributed by atoms with Crippen LogP contribution in [0.2, 0.25) is 0 Å². The number of nitrogens with zero attached hydrogens (tertiary/aromatic N) is 1. The molecule has 2 amide bonds. The summed E-state index contributed by atoms with van der Waals surface area (Å²) in [6.45, 7) is 15.7. The quantitative estimate of drug-likeness (QED) is 0.359. The highest BCUT2D eigenvalue weighted by molar-refractivity contribution is 5.88. The Morgan fingerprint density at radius 3 is 2.16 bits per heavy atom. The first-order valence-electron chi connectivity index (χ1n) is 12.7. The van der Waals surface area contributed by atoms with Gasteiger partial charge < -0.3 is 15.0 Å². The predicted octanol–water partition coefficient (Wildman–Crippen LogP) is 6.07. The summed E-state index contributed by atoms with van der Waals surface area (Å²) >= 11 is 0. The number of nitrogens with one attached hydrogen (secondary N) is 1. The number of rotatable bonds is 11. The van der Waals surface area contributed by atoms with E-state index in [9.17, 15) is 18.8 Å². The minimum atomic E-state index is -1.07. The van der Waals surface area contributed by atoms with Crippen molar-refractivity contribution < 1.29 is 27.9 Å². The highest BCUT2D eigenvalue weighted by atomic mass is 19.1. The third-order valence-electron chi connectivity index (χ3n) is 6.33. The maximum atomic E-state index is 15.6. The van der Waals surface area contributed by atoms with Crippen LogP contribution in [0.5, 0.6) is 0 Å². The zero-order valence-electron chi connectivity index (χ0n) is 23.3. The van der Waals surface area contributed by atoms with E-state index in [-0.39, 0.29) is 36.2 Å². The molecule has 0 bridgehead atoms. The zero-order valence-corrected chi connectivity index (χ0v) is 23.3. The number of carbonyl (C=O) groups is 3. The van der Waals surface area contributed by atoms with Crippen LogP contribution < -0.4 is 5.32 Å². The average Bonchev–Trinajstić information content (AvgIpc) is 2.79. The second kappa shape index (κ2) is 13.3. The van der Waals surface area contributed by atoms with Crippen LogP contribution in [-0.4, -0.2) is 35.3 Å². The summed E-state index contributed by atoms with van der Waals surface area (Å²) in [7, 11) is 0. The van der Waals surface area contributed by atoms with Crippen molar-refractivity contribution in [3.63, 3.8) is 0 Å². The van der Waals surface area contributed by atoms with Gasteiger partial charge in [0.15, 0.2) is 0 Å². The first-order valence-corrected chi connectivity index (χ1v) is 12.7. The Morgan fingerprint density at radius 2 is 1.66 bits per heavy atom. The Morgan fingerprint density at radius 1 is 1.05 bits per heavy atom. The van der Waals surface area contributed by atoms with Crippen LogP contribution in [0.25, 0.3) is 11.1 Å². The van der Waals surface area contributed by atoms with E-state index in [0.717, 1.165) is 5.56 Å². The van der Waals surface area contributed by atoms with Crippen LogP contribution in [0.15, 0.2) is 37.0 Å². The summed E-state index contributed by atoms with van der Waals surface area (Å²) in [6.07, 6.45) is 1.31. The molecule has 2 aromatic carbocycles. The van der Waals surface area contributed by atoms with Crippen molar-refractivity contribution in [2.24, 2.45) is 5.92 Å². The first-order chi connectivity index (χ1) is 17.8. The Bertz CT molecular complexity index is 1190. The van der Waals surface area contributed by atoms with Gasteiger partial charge in [-0.15, -0.1) is 0 Å².